The van der Waals surface area contributed by atoms with Crippen LogP contribution in [0.15, 0.2) is 18.2 Å². The number of aromatic nitrogens is 2. The van der Waals surface area contributed by atoms with Crippen molar-refractivity contribution in [3.05, 3.63) is 29.6 Å². The van der Waals surface area contributed by atoms with Gasteiger partial charge in [-0.1, -0.05) is 13.8 Å². The van der Waals surface area contributed by atoms with E-state index in [0.717, 1.165) is 11.3 Å². The van der Waals surface area contributed by atoms with Crippen molar-refractivity contribution in [2.45, 2.75) is 32.7 Å². The van der Waals surface area contributed by atoms with Crippen LogP contribution in [0.25, 0.3) is 11.0 Å². The summed E-state index contributed by atoms with van der Waals surface area (Å²) in [6.07, 6.45) is 0.228. The van der Waals surface area contributed by atoms with Crippen LogP contribution in [0, 0.1) is 0 Å². The van der Waals surface area contributed by atoms with Gasteiger partial charge in [0.05, 0.1) is 16.6 Å². The molecule has 0 spiro atoms. The lowest BCUT2D eigenvalue weighted by molar-refractivity contribution is -0.118. The largest absolute Gasteiger partial charge is 0.478 e. The van der Waals surface area contributed by atoms with Crippen LogP contribution >= 0.6 is 0 Å². The third-order valence-corrected chi connectivity index (χ3v) is 3.12. The first-order valence-corrected chi connectivity index (χ1v) is 6.42. The van der Waals surface area contributed by atoms with Crippen molar-refractivity contribution >= 4 is 22.9 Å². The first-order chi connectivity index (χ1) is 9.40. The highest BCUT2D eigenvalue weighted by molar-refractivity contribution is 5.92. The molecule has 0 fully saturated rings. The first kappa shape index (κ1) is 14.0. The number of imidazole rings is 1. The minimum absolute atomic E-state index is 0.170. The Morgan fingerprint density at radius 3 is 2.65 bits per heavy atom. The van der Waals surface area contributed by atoms with Crippen LogP contribution in [-0.4, -0.2) is 26.5 Å². The zero-order valence-corrected chi connectivity index (χ0v) is 11.5. The summed E-state index contributed by atoms with van der Waals surface area (Å²) in [5.74, 6) is -0.360. The normalized spacial score (nSPS) is 11.2. The summed E-state index contributed by atoms with van der Waals surface area (Å²) in [6, 6.07) is 4.81. The van der Waals surface area contributed by atoms with Crippen molar-refractivity contribution in [1.29, 1.82) is 0 Å². The van der Waals surface area contributed by atoms with E-state index in [4.69, 9.17) is 10.8 Å². The molecule has 0 radical (unpaired) electrons. The minimum Gasteiger partial charge on any atom is -0.478 e. The van der Waals surface area contributed by atoms with Crippen molar-refractivity contribution in [2.75, 3.05) is 0 Å². The summed E-state index contributed by atoms with van der Waals surface area (Å²) >= 11 is 0. The Hall–Kier alpha value is -2.37. The Bertz CT molecular complexity index is 674. The van der Waals surface area contributed by atoms with E-state index < -0.39 is 5.97 Å². The second-order valence-electron chi connectivity index (χ2n) is 5.00. The number of fused-ring (bicyclic) bond motifs is 1. The molecule has 0 aliphatic rings. The molecular formula is C14H17N3O3. The first-order valence-electron chi connectivity index (χ1n) is 6.42. The van der Waals surface area contributed by atoms with Crippen LogP contribution in [0.2, 0.25) is 0 Å². The number of nitrogens with two attached hydrogens (primary N) is 1. The molecule has 6 heteroatoms. The van der Waals surface area contributed by atoms with E-state index in [9.17, 15) is 9.59 Å². The zero-order chi connectivity index (χ0) is 14.9. The molecule has 0 aliphatic carbocycles. The Labute approximate surface area is 116 Å². The molecule has 20 heavy (non-hydrogen) atoms. The maximum absolute atomic E-state index is 11.0. The van der Waals surface area contributed by atoms with Gasteiger partial charge in [-0.05, 0) is 18.2 Å². The summed E-state index contributed by atoms with van der Waals surface area (Å²) in [7, 11) is 0. The summed E-state index contributed by atoms with van der Waals surface area (Å²) in [5, 5.41) is 9.01. The van der Waals surface area contributed by atoms with Crippen LogP contribution < -0.4 is 5.73 Å². The number of carbonyl (C=O) groups is 2. The van der Waals surface area contributed by atoms with E-state index in [2.05, 4.69) is 4.98 Å². The van der Waals surface area contributed by atoms with E-state index >= 15 is 0 Å². The highest BCUT2D eigenvalue weighted by Gasteiger charge is 2.15. The van der Waals surface area contributed by atoms with Crippen LogP contribution in [0.4, 0.5) is 0 Å². The molecule has 0 bridgehead atoms. The smallest absolute Gasteiger partial charge is 0.335 e. The van der Waals surface area contributed by atoms with Gasteiger partial charge in [0.2, 0.25) is 5.91 Å². The molecular weight excluding hydrogens is 258 g/mol. The van der Waals surface area contributed by atoms with Crippen molar-refractivity contribution in [1.82, 2.24) is 9.55 Å². The van der Waals surface area contributed by atoms with Crippen molar-refractivity contribution in [3.8, 4) is 0 Å². The number of carboxylic acids is 1. The second kappa shape index (κ2) is 5.32. The summed E-state index contributed by atoms with van der Waals surface area (Å²) in [6.45, 7) is 4.45. The van der Waals surface area contributed by atoms with Gasteiger partial charge < -0.3 is 15.4 Å². The monoisotopic (exact) mass is 275 g/mol. The molecule has 1 amide bonds. The van der Waals surface area contributed by atoms with Crippen molar-refractivity contribution in [2.24, 2.45) is 5.73 Å². The van der Waals surface area contributed by atoms with Crippen LogP contribution in [0.5, 0.6) is 0 Å². The number of aryl methyl sites for hydroxylation is 1. The number of hydrogen-bond acceptors (Lipinski definition) is 3. The fourth-order valence-corrected chi connectivity index (χ4v) is 2.18. The average molecular weight is 275 g/mol. The average Bonchev–Trinajstić information content (AvgIpc) is 2.73. The van der Waals surface area contributed by atoms with Gasteiger partial charge in [0.1, 0.15) is 5.82 Å². The molecule has 0 atom stereocenters. The summed E-state index contributed by atoms with van der Waals surface area (Å²) in [5.41, 5.74) is 6.84. The third kappa shape index (κ3) is 2.64. The van der Waals surface area contributed by atoms with Crippen molar-refractivity contribution < 1.29 is 14.7 Å². The Morgan fingerprint density at radius 2 is 2.10 bits per heavy atom. The predicted molar refractivity (Wildman–Crippen MR) is 74.6 cm³/mol. The number of amides is 1. The molecule has 1 heterocycles. The number of carboxylic acid groups (broad SMARTS) is 1. The van der Waals surface area contributed by atoms with E-state index in [1.54, 1.807) is 12.1 Å². The topological polar surface area (TPSA) is 98.2 Å². The zero-order valence-electron chi connectivity index (χ0n) is 11.5. The quantitative estimate of drug-likeness (QED) is 0.868. The molecule has 1 aromatic carbocycles. The maximum atomic E-state index is 11.0. The Kier molecular flexibility index (Phi) is 3.74. The number of nitrogens with zero attached hydrogens (tertiary/aromatic N) is 2. The van der Waals surface area contributed by atoms with Gasteiger partial charge in [0.15, 0.2) is 0 Å². The van der Waals surface area contributed by atoms with Gasteiger partial charge >= 0.3 is 5.97 Å². The number of aromatic carboxylic acids is 1. The SMILES string of the molecule is CC(C)c1nc2cc(C(=O)O)ccc2n1CCC(N)=O. The lowest BCUT2D eigenvalue weighted by Gasteiger charge is -2.10. The van der Waals surface area contributed by atoms with E-state index in [1.165, 1.54) is 6.07 Å². The summed E-state index contributed by atoms with van der Waals surface area (Å²) < 4.78 is 1.93. The number of rotatable bonds is 5. The fraction of sp³-hybridized carbons (Fsp3) is 0.357. The van der Waals surface area contributed by atoms with Gasteiger partial charge in [-0.25, -0.2) is 9.78 Å². The molecule has 2 rings (SSSR count). The van der Waals surface area contributed by atoms with Crippen LogP contribution in [0.3, 0.4) is 0 Å². The van der Waals surface area contributed by atoms with Gasteiger partial charge in [0, 0.05) is 18.9 Å². The summed E-state index contributed by atoms with van der Waals surface area (Å²) in [4.78, 5) is 26.4. The molecule has 1 aromatic heterocycles. The molecule has 0 aliphatic heterocycles. The van der Waals surface area contributed by atoms with Gasteiger partial charge in [-0.2, -0.15) is 0 Å². The minimum atomic E-state index is -0.982. The Balaban J connectivity index is 2.54. The number of carbonyl (C=O) groups excluding carboxylic acids is 1. The van der Waals surface area contributed by atoms with Gasteiger partial charge in [0.25, 0.3) is 0 Å². The predicted octanol–water partition coefficient (Wildman–Crippen LogP) is 1.73. The lowest BCUT2D eigenvalue weighted by Crippen LogP contribution is -2.15. The second-order valence-corrected chi connectivity index (χ2v) is 5.00. The molecule has 106 valence electrons. The molecule has 0 saturated carbocycles. The van der Waals surface area contributed by atoms with Crippen LogP contribution in [0.1, 0.15) is 42.4 Å². The molecule has 3 N–H and O–H groups in total. The number of primary amides is 1. The molecule has 6 nitrogen and oxygen atoms in total. The van der Waals surface area contributed by atoms with E-state index in [-0.39, 0.29) is 23.8 Å². The van der Waals surface area contributed by atoms with Gasteiger partial charge in [-0.3, -0.25) is 4.79 Å². The van der Waals surface area contributed by atoms with E-state index in [1.807, 2.05) is 18.4 Å². The Morgan fingerprint density at radius 1 is 1.40 bits per heavy atom. The third-order valence-electron chi connectivity index (χ3n) is 3.12. The molecule has 0 unspecified atom stereocenters. The number of hydrogen-bond donors (Lipinski definition) is 2. The van der Waals surface area contributed by atoms with E-state index in [0.29, 0.717) is 12.1 Å². The lowest BCUT2D eigenvalue weighted by atomic mass is 10.2. The maximum Gasteiger partial charge on any atom is 0.335 e. The molecule has 2 aromatic rings. The van der Waals surface area contributed by atoms with Crippen molar-refractivity contribution in [3.63, 3.8) is 0 Å². The highest BCUT2D eigenvalue weighted by atomic mass is 16.4. The molecule has 0 saturated heterocycles. The van der Waals surface area contributed by atoms with Crippen LogP contribution in [-0.2, 0) is 11.3 Å². The number of benzene rings is 1. The fourth-order valence-electron chi connectivity index (χ4n) is 2.18. The van der Waals surface area contributed by atoms with Gasteiger partial charge in [-0.15, -0.1) is 0 Å². The highest BCUT2D eigenvalue weighted by Crippen LogP contribution is 2.23. The standard InChI is InChI=1S/C14H17N3O3/c1-8(2)13-16-10-7-9(14(19)20)3-4-11(10)17(13)6-5-12(15)18/h3-4,7-8H,5-6H2,1-2H3,(H2,15,18)(H,19,20).